The van der Waals surface area contributed by atoms with Gasteiger partial charge in [-0.05, 0) is 0 Å². The van der Waals surface area contributed by atoms with Gasteiger partial charge in [0.1, 0.15) is 18.9 Å². The molecule has 4 atom stereocenters. The summed E-state index contributed by atoms with van der Waals surface area (Å²) in [6, 6.07) is 0. The van der Waals surface area contributed by atoms with Crippen molar-refractivity contribution in [2.75, 3.05) is 12.3 Å². The summed E-state index contributed by atoms with van der Waals surface area (Å²) in [7, 11) is -2.91. The minimum atomic E-state index is -2.91. The van der Waals surface area contributed by atoms with Crippen molar-refractivity contribution in [1.29, 1.82) is 0 Å². The Morgan fingerprint density at radius 1 is 1.67 bits per heavy atom. The number of aliphatic hydroxyl groups excluding tert-OH is 1. The Morgan fingerprint density at radius 2 is 2.42 bits per heavy atom. The van der Waals surface area contributed by atoms with Crippen LogP contribution in [0.2, 0.25) is 0 Å². The number of nitrogen functional groups attached to an aromatic ring is 1. The molecule has 0 aromatic carbocycles. The number of fused-ring (bicyclic) bond motifs is 1. The molecule has 0 radical (unpaired) electrons. The number of nitrogens with two attached hydrogens (primary N) is 1. The number of terminal acetylenes is 1. The van der Waals surface area contributed by atoms with Crippen molar-refractivity contribution in [3.8, 4) is 12.3 Å². The fraction of sp³-hybridized carbons (Fsp3) is 0.417. The molecule has 0 bridgehead atoms. The molecule has 4 N–H and O–H groups in total. The number of aliphatic hydroxyl groups is 1. The summed E-state index contributed by atoms with van der Waals surface area (Å²) in [6.07, 6.45) is 3.62. The monoisotopic (exact) mass is 356 g/mol. The highest BCUT2D eigenvalue weighted by Crippen LogP contribution is 2.39. The fourth-order valence-electron chi connectivity index (χ4n) is 2.50. The minimum Gasteiger partial charge on any atom is -0.389 e. The molecule has 0 saturated carbocycles. The molecule has 3 heterocycles. The summed E-state index contributed by atoms with van der Waals surface area (Å²) in [5.74, 6) is 2.10. The molecule has 126 valence electrons. The normalized spacial score (nSPS) is 27.3. The van der Waals surface area contributed by atoms with Crippen molar-refractivity contribution in [1.82, 2.24) is 19.5 Å². The standard InChI is InChI=1S/C12H11FN5O5P/c1-2-12(4-22-24(20)21)6(19)3-7(23-12)18-5-15-8-9(14)16-11(13)17-10(8)18/h1,5-7,19H,3-4H2,(H2-,14,16,17,20,21)/p+1/t6-,7-,12?/m0/s1. The van der Waals surface area contributed by atoms with Gasteiger partial charge in [0.05, 0.1) is 6.33 Å². The average molecular weight is 356 g/mol. The van der Waals surface area contributed by atoms with E-state index < -0.39 is 38.9 Å². The van der Waals surface area contributed by atoms with Gasteiger partial charge in [-0.1, -0.05) is 5.92 Å². The predicted molar refractivity (Wildman–Crippen MR) is 77.8 cm³/mol. The van der Waals surface area contributed by atoms with Gasteiger partial charge in [0.2, 0.25) is 0 Å². The van der Waals surface area contributed by atoms with E-state index in [4.69, 9.17) is 21.8 Å². The van der Waals surface area contributed by atoms with E-state index in [1.807, 2.05) is 0 Å². The quantitative estimate of drug-likeness (QED) is 0.387. The third-order valence-electron chi connectivity index (χ3n) is 3.67. The van der Waals surface area contributed by atoms with Crippen LogP contribution in [-0.4, -0.2) is 47.8 Å². The molecular weight excluding hydrogens is 344 g/mol. The van der Waals surface area contributed by atoms with Crippen LogP contribution in [0.15, 0.2) is 6.33 Å². The third kappa shape index (κ3) is 2.71. The molecule has 1 saturated heterocycles. The predicted octanol–water partition coefficient (Wildman–Crippen LogP) is -0.134. The van der Waals surface area contributed by atoms with Gasteiger partial charge < -0.3 is 15.6 Å². The Kier molecular flexibility index (Phi) is 4.16. The summed E-state index contributed by atoms with van der Waals surface area (Å²) >= 11 is 0. The Hall–Kier alpha value is -2.22. The second kappa shape index (κ2) is 6.01. The number of imidazole rings is 1. The maximum Gasteiger partial charge on any atom is 0.694 e. The van der Waals surface area contributed by atoms with Gasteiger partial charge >= 0.3 is 14.3 Å². The van der Waals surface area contributed by atoms with Crippen LogP contribution in [0.3, 0.4) is 0 Å². The Morgan fingerprint density at radius 3 is 3.08 bits per heavy atom. The van der Waals surface area contributed by atoms with Crippen molar-refractivity contribution < 1.29 is 28.2 Å². The zero-order valence-corrected chi connectivity index (χ0v) is 12.9. The van der Waals surface area contributed by atoms with Crippen LogP contribution in [0.4, 0.5) is 10.2 Å². The van der Waals surface area contributed by atoms with E-state index in [-0.39, 0.29) is 23.4 Å². The lowest BCUT2D eigenvalue weighted by Crippen LogP contribution is -2.42. The SMILES string of the molecule is C#CC1(CO[P+](=O)O)O[C@H](n2cnc3c(N)nc(F)nc32)C[C@@H]1O. The lowest BCUT2D eigenvalue weighted by molar-refractivity contribution is -0.0843. The fourth-order valence-corrected chi connectivity index (χ4v) is 2.80. The van der Waals surface area contributed by atoms with Gasteiger partial charge in [0, 0.05) is 11.0 Å². The Bertz CT molecular complexity index is 854. The number of hydrogen-bond donors (Lipinski definition) is 3. The van der Waals surface area contributed by atoms with E-state index in [0.29, 0.717) is 0 Å². The van der Waals surface area contributed by atoms with Crippen LogP contribution in [0, 0.1) is 18.4 Å². The molecule has 0 spiro atoms. The van der Waals surface area contributed by atoms with E-state index in [0.717, 1.165) is 0 Å². The van der Waals surface area contributed by atoms with Crippen LogP contribution < -0.4 is 5.73 Å². The second-order valence-corrected chi connectivity index (χ2v) is 5.80. The number of aromatic nitrogens is 4. The van der Waals surface area contributed by atoms with Gasteiger partial charge in [-0.3, -0.25) is 4.57 Å². The smallest absolute Gasteiger partial charge is 0.389 e. The molecule has 24 heavy (non-hydrogen) atoms. The van der Waals surface area contributed by atoms with E-state index in [1.165, 1.54) is 10.9 Å². The van der Waals surface area contributed by atoms with Crippen molar-refractivity contribution in [3.05, 3.63) is 12.4 Å². The first-order valence-electron chi connectivity index (χ1n) is 6.64. The van der Waals surface area contributed by atoms with E-state index in [1.54, 1.807) is 0 Å². The average Bonchev–Trinajstić information content (AvgIpc) is 3.07. The number of anilines is 1. The number of nitrogens with zero attached hydrogens (tertiary/aromatic N) is 4. The molecule has 0 amide bonds. The number of hydrogen-bond acceptors (Lipinski definition) is 8. The zero-order valence-electron chi connectivity index (χ0n) is 12.0. The number of rotatable bonds is 4. The molecule has 3 rings (SSSR count). The van der Waals surface area contributed by atoms with Gasteiger partial charge in [-0.2, -0.15) is 14.4 Å². The maximum atomic E-state index is 13.4. The van der Waals surface area contributed by atoms with Gasteiger partial charge in [-0.15, -0.1) is 15.8 Å². The highest BCUT2D eigenvalue weighted by molar-refractivity contribution is 7.32. The lowest BCUT2D eigenvalue weighted by Gasteiger charge is -2.23. The van der Waals surface area contributed by atoms with Crippen molar-refractivity contribution in [2.24, 2.45) is 0 Å². The largest absolute Gasteiger partial charge is 0.694 e. The molecule has 2 aromatic heterocycles. The Labute approximate surface area is 135 Å². The van der Waals surface area contributed by atoms with Crippen molar-refractivity contribution in [3.63, 3.8) is 0 Å². The van der Waals surface area contributed by atoms with Crippen LogP contribution in [0.5, 0.6) is 0 Å². The molecule has 2 unspecified atom stereocenters. The Balaban J connectivity index is 1.95. The van der Waals surface area contributed by atoms with Crippen LogP contribution in [-0.2, 0) is 13.8 Å². The van der Waals surface area contributed by atoms with Gasteiger partial charge in [0.15, 0.2) is 22.6 Å². The summed E-state index contributed by atoms with van der Waals surface area (Å²) in [5, 5.41) is 10.2. The number of ether oxygens (including phenoxy) is 1. The van der Waals surface area contributed by atoms with Crippen molar-refractivity contribution >= 4 is 25.2 Å². The minimum absolute atomic E-state index is 0.00670. The molecule has 10 nitrogen and oxygen atoms in total. The number of halogens is 1. The van der Waals surface area contributed by atoms with Crippen molar-refractivity contribution in [2.45, 2.75) is 24.4 Å². The molecule has 0 aliphatic carbocycles. The van der Waals surface area contributed by atoms with Crippen LogP contribution in [0.1, 0.15) is 12.6 Å². The highest BCUT2D eigenvalue weighted by Gasteiger charge is 2.50. The summed E-state index contributed by atoms with van der Waals surface area (Å²) < 4.78 is 35.7. The van der Waals surface area contributed by atoms with Gasteiger partial charge in [0.25, 0.3) is 0 Å². The zero-order chi connectivity index (χ0) is 17.5. The molecule has 2 aromatic rings. The topological polar surface area (TPSA) is 146 Å². The van der Waals surface area contributed by atoms with Crippen LogP contribution >= 0.6 is 8.25 Å². The molecule has 12 heteroatoms. The van der Waals surface area contributed by atoms with E-state index in [9.17, 15) is 14.1 Å². The molecular formula is C12H12FN5O5P+. The highest BCUT2D eigenvalue weighted by atomic mass is 31.1. The maximum absolute atomic E-state index is 13.4. The molecule has 1 fully saturated rings. The summed E-state index contributed by atoms with van der Waals surface area (Å²) in [6.45, 7) is -0.495. The first-order chi connectivity index (χ1) is 11.4. The van der Waals surface area contributed by atoms with Gasteiger partial charge in [-0.25, -0.2) is 4.98 Å². The van der Waals surface area contributed by atoms with E-state index in [2.05, 4.69) is 25.4 Å². The van der Waals surface area contributed by atoms with Crippen LogP contribution in [0.25, 0.3) is 11.2 Å². The molecule has 1 aliphatic heterocycles. The van der Waals surface area contributed by atoms with E-state index >= 15 is 0 Å². The second-order valence-electron chi connectivity index (χ2n) is 5.07. The first kappa shape index (κ1) is 16.6. The lowest BCUT2D eigenvalue weighted by atomic mass is 9.99. The molecule has 1 aliphatic rings. The third-order valence-corrected chi connectivity index (χ3v) is 4.02. The summed E-state index contributed by atoms with van der Waals surface area (Å²) in [4.78, 5) is 19.7. The summed E-state index contributed by atoms with van der Waals surface area (Å²) in [5.41, 5.74) is 4.19. The first-order valence-corrected chi connectivity index (χ1v) is 7.77.